The van der Waals surface area contributed by atoms with Gasteiger partial charge in [0.05, 0.1) is 5.69 Å². The Morgan fingerprint density at radius 2 is 1.46 bits per heavy atom. The molecular weight excluding hydrogens is 490 g/mol. The van der Waals surface area contributed by atoms with Gasteiger partial charge in [-0.1, -0.05) is 78.9 Å². The molecule has 1 atom stereocenters. The van der Waals surface area contributed by atoms with Gasteiger partial charge in [-0.3, -0.25) is 9.11 Å². The fourth-order valence-electron chi connectivity index (χ4n) is 4.00. The average molecular weight is 512 g/mol. The molecule has 0 radical (unpaired) electrons. The lowest BCUT2D eigenvalue weighted by Gasteiger charge is -2.33. The van der Waals surface area contributed by atoms with Crippen molar-refractivity contribution in [2.75, 3.05) is 5.73 Å². The van der Waals surface area contributed by atoms with E-state index < -0.39 is 35.9 Å². The summed E-state index contributed by atoms with van der Waals surface area (Å²) < 4.78 is 67.7. The fourth-order valence-corrected chi connectivity index (χ4v) is 6.81. The summed E-state index contributed by atoms with van der Waals surface area (Å²) in [4.78, 5) is 0. The van der Waals surface area contributed by atoms with E-state index in [4.69, 9.17) is 5.73 Å². The Bertz CT molecular complexity index is 1580. The van der Waals surface area contributed by atoms with Crippen molar-refractivity contribution in [2.45, 2.75) is 4.08 Å². The second-order valence-corrected chi connectivity index (χ2v) is 11.2. The van der Waals surface area contributed by atoms with Gasteiger partial charge in [0.25, 0.3) is 24.3 Å². The number of rotatable bonds is 6. The smallest absolute Gasteiger partial charge is 0.294 e. The first-order valence-corrected chi connectivity index (χ1v) is 13.2. The molecule has 0 bridgehead atoms. The zero-order chi connectivity index (χ0) is 25.3. The molecule has 0 heterocycles. The summed E-state index contributed by atoms with van der Waals surface area (Å²) in [6, 6.07) is 18.8. The number of fused-ring (bicyclic) bond motifs is 1. The van der Waals surface area contributed by atoms with Crippen molar-refractivity contribution in [3.63, 3.8) is 0 Å². The number of hydrogen-bond donors (Lipinski definition) is 3. The highest BCUT2D eigenvalue weighted by Gasteiger charge is 2.63. The van der Waals surface area contributed by atoms with Crippen molar-refractivity contribution in [3.8, 4) is 0 Å². The molecule has 0 saturated heterocycles. The summed E-state index contributed by atoms with van der Waals surface area (Å²) in [6.07, 6.45) is 6.42. The minimum Gasteiger partial charge on any atom is -0.398 e. The molecule has 3 aromatic carbocycles. The van der Waals surface area contributed by atoms with Crippen LogP contribution in [0, 0.1) is 5.92 Å². The van der Waals surface area contributed by atoms with Crippen LogP contribution in [0.1, 0.15) is 5.56 Å². The lowest BCUT2D eigenvalue weighted by atomic mass is 9.95. The topological polar surface area (TPSA) is 159 Å². The summed E-state index contributed by atoms with van der Waals surface area (Å²) >= 11 is 0. The maximum absolute atomic E-state index is 12.6. The van der Waals surface area contributed by atoms with Gasteiger partial charge in [0.2, 0.25) is 0 Å². The van der Waals surface area contributed by atoms with Gasteiger partial charge in [-0.15, -0.1) is 0 Å². The van der Waals surface area contributed by atoms with Gasteiger partial charge in [0.1, 0.15) is 5.70 Å². The van der Waals surface area contributed by atoms with E-state index in [2.05, 4.69) is 10.2 Å². The maximum atomic E-state index is 12.6. The van der Waals surface area contributed by atoms with Crippen molar-refractivity contribution in [1.82, 2.24) is 0 Å². The van der Waals surface area contributed by atoms with Gasteiger partial charge in [0.15, 0.2) is 0 Å². The van der Waals surface area contributed by atoms with E-state index in [0.29, 0.717) is 22.0 Å². The van der Waals surface area contributed by atoms with Crippen molar-refractivity contribution in [2.24, 2.45) is 16.1 Å². The van der Waals surface area contributed by atoms with Crippen LogP contribution in [0.4, 0.5) is 11.4 Å². The summed E-state index contributed by atoms with van der Waals surface area (Å²) in [5.41, 5.74) is 6.73. The van der Waals surface area contributed by atoms with E-state index in [9.17, 15) is 25.9 Å². The van der Waals surface area contributed by atoms with Crippen LogP contribution < -0.4 is 5.73 Å². The number of benzene rings is 3. The molecule has 0 fully saturated rings. The van der Waals surface area contributed by atoms with E-state index in [1.165, 1.54) is 30.4 Å². The first kappa shape index (κ1) is 24.5. The SMILES string of the molecule is Nc1ccc(N=NC2=CC=CC(C=Cc3ccccc3)C2(S(=O)(=O)O)S(=O)(=O)O)c2ccccc12. The van der Waals surface area contributed by atoms with Gasteiger partial charge in [-0.05, 0) is 23.8 Å². The van der Waals surface area contributed by atoms with Crippen molar-refractivity contribution in [3.05, 3.63) is 102 Å². The van der Waals surface area contributed by atoms with E-state index >= 15 is 0 Å². The normalized spacial score (nSPS) is 18.3. The van der Waals surface area contributed by atoms with Crippen LogP contribution in [-0.2, 0) is 20.2 Å². The van der Waals surface area contributed by atoms with E-state index in [1.54, 1.807) is 60.7 Å². The lowest BCUT2D eigenvalue weighted by molar-refractivity contribution is 0.417. The molecule has 1 aliphatic rings. The van der Waals surface area contributed by atoms with Crippen LogP contribution in [0.5, 0.6) is 0 Å². The Kier molecular flexibility index (Phi) is 6.43. The molecular formula is C24H21N3O6S2. The molecule has 35 heavy (non-hydrogen) atoms. The molecule has 1 unspecified atom stereocenters. The van der Waals surface area contributed by atoms with Crippen molar-refractivity contribution < 1.29 is 25.9 Å². The minimum atomic E-state index is -5.48. The zero-order valence-electron chi connectivity index (χ0n) is 18.1. The molecule has 180 valence electrons. The van der Waals surface area contributed by atoms with Crippen LogP contribution in [0.3, 0.4) is 0 Å². The Morgan fingerprint density at radius 1 is 0.829 bits per heavy atom. The van der Waals surface area contributed by atoms with Gasteiger partial charge < -0.3 is 5.73 Å². The van der Waals surface area contributed by atoms with Crippen LogP contribution >= 0.6 is 0 Å². The highest BCUT2D eigenvalue weighted by molar-refractivity contribution is 8.05. The molecule has 0 aromatic heterocycles. The maximum Gasteiger partial charge on any atom is 0.294 e. The molecule has 1 aliphatic carbocycles. The summed E-state index contributed by atoms with van der Waals surface area (Å²) in [5, 5.41) is 9.23. The molecule has 4 N–H and O–H groups in total. The Morgan fingerprint density at radius 3 is 2.11 bits per heavy atom. The summed E-state index contributed by atoms with van der Waals surface area (Å²) in [7, 11) is -11.0. The number of anilines is 1. The average Bonchev–Trinajstić information content (AvgIpc) is 2.81. The fraction of sp³-hybridized carbons (Fsp3) is 0.0833. The molecule has 4 rings (SSSR count). The van der Waals surface area contributed by atoms with Crippen molar-refractivity contribution >= 4 is 48.5 Å². The number of nitrogen functional groups attached to an aromatic ring is 1. The van der Waals surface area contributed by atoms with Gasteiger partial charge in [0, 0.05) is 22.4 Å². The van der Waals surface area contributed by atoms with E-state index in [0.717, 1.165) is 6.08 Å². The van der Waals surface area contributed by atoms with Gasteiger partial charge in [-0.2, -0.15) is 27.1 Å². The highest BCUT2D eigenvalue weighted by Crippen LogP contribution is 2.44. The largest absolute Gasteiger partial charge is 0.398 e. The predicted molar refractivity (Wildman–Crippen MR) is 135 cm³/mol. The second kappa shape index (κ2) is 9.19. The number of azo groups is 1. The molecule has 0 aliphatic heterocycles. The standard InChI is InChI=1S/C24H21N3O6S2/c25-21-15-16-22(20-11-5-4-10-19(20)21)26-27-23-12-6-9-18(14-13-17-7-2-1-3-8-17)24(23,34(28,29)30)35(31,32)33/h1-16,18H,25H2,(H,28,29,30)(H,31,32,33). The summed E-state index contributed by atoms with van der Waals surface area (Å²) in [5.74, 6) is -1.52. The molecule has 11 heteroatoms. The zero-order valence-corrected chi connectivity index (χ0v) is 19.8. The van der Waals surface area contributed by atoms with E-state index in [-0.39, 0.29) is 5.69 Å². The molecule has 0 saturated carbocycles. The van der Waals surface area contributed by atoms with Crippen molar-refractivity contribution in [1.29, 1.82) is 0 Å². The number of hydrogen-bond acceptors (Lipinski definition) is 7. The van der Waals surface area contributed by atoms with Crippen LogP contribution in [-0.4, -0.2) is 30.0 Å². The Labute approximate surface area is 202 Å². The lowest BCUT2D eigenvalue weighted by Crippen LogP contribution is -2.52. The predicted octanol–water partition coefficient (Wildman–Crippen LogP) is 4.76. The quantitative estimate of drug-likeness (QED) is 0.244. The number of nitrogens with zero attached hydrogens (tertiary/aromatic N) is 2. The Balaban J connectivity index is 1.88. The number of allylic oxidation sites excluding steroid dienone is 4. The number of nitrogens with two attached hydrogens (primary N) is 1. The van der Waals surface area contributed by atoms with E-state index in [1.807, 2.05) is 0 Å². The van der Waals surface area contributed by atoms with Crippen LogP contribution in [0.2, 0.25) is 0 Å². The van der Waals surface area contributed by atoms with Crippen LogP contribution in [0.15, 0.2) is 107 Å². The first-order valence-electron chi connectivity index (χ1n) is 10.3. The first-order chi connectivity index (χ1) is 16.6. The summed E-state index contributed by atoms with van der Waals surface area (Å²) in [6.45, 7) is 0. The molecule has 3 aromatic rings. The van der Waals surface area contributed by atoms with Gasteiger partial charge >= 0.3 is 0 Å². The minimum absolute atomic E-state index is 0.279. The molecule has 0 amide bonds. The second-order valence-electron chi connectivity index (χ2n) is 7.77. The van der Waals surface area contributed by atoms with Crippen LogP contribution in [0.25, 0.3) is 16.8 Å². The monoisotopic (exact) mass is 511 g/mol. The third-order valence-corrected chi connectivity index (χ3v) is 9.39. The van der Waals surface area contributed by atoms with Gasteiger partial charge in [-0.25, -0.2) is 0 Å². The highest BCUT2D eigenvalue weighted by atomic mass is 32.3. The third-order valence-electron chi connectivity index (χ3n) is 5.63. The molecule has 0 spiro atoms. The Hall–Kier alpha value is -3.64. The third kappa shape index (κ3) is 4.42. The molecule has 9 nitrogen and oxygen atoms in total.